The SMILES string of the molecule is Nc1nc(N2CCN(C=O)CC2)nc2sc3c(c12)CCC3. The van der Waals surface area contributed by atoms with Crippen LogP contribution in [0.25, 0.3) is 10.2 Å². The zero-order valence-corrected chi connectivity index (χ0v) is 12.5. The molecule has 21 heavy (non-hydrogen) atoms. The average Bonchev–Trinajstić information content (AvgIpc) is 3.07. The highest BCUT2D eigenvalue weighted by atomic mass is 32.1. The molecule has 2 aliphatic rings. The van der Waals surface area contributed by atoms with Gasteiger partial charge in [0.1, 0.15) is 10.6 Å². The molecule has 1 aliphatic heterocycles. The number of amides is 1. The summed E-state index contributed by atoms with van der Waals surface area (Å²) in [4.78, 5) is 26.3. The summed E-state index contributed by atoms with van der Waals surface area (Å²) >= 11 is 1.76. The minimum Gasteiger partial charge on any atom is -0.383 e. The third-order valence-electron chi connectivity index (χ3n) is 4.33. The van der Waals surface area contributed by atoms with Crippen molar-refractivity contribution in [3.63, 3.8) is 0 Å². The summed E-state index contributed by atoms with van der Waals surface area (Å²) < 4.78 is 0. The zero-order valence-electron chi connectivity index (χ0n) is 11.7. The first-order chi connectivity index (χ1) is 10.3. The van der Waals surface area contributed by atoms with Gasteiger partial charge in [-0.25, -0.2) is 4.98 Å². The number of aryl methyl sites for hydroxylation is 2. The molecule has 1 saturated heterocycles. The highest BCUT2D eigenvalue weighted by Gasteiger charge is 2.24. The van der Waals surface area contributed by atoms with Gasteiger partial charge in [-0.3, -0.25) is 4.79 Å². The van der Waals surface area contributed by atoms with E-state index in [1.165, 1.54) is 16.9 Å². The predicted octanol–water partition coefficient (Wildman–Crippen LogP) is 1.04. The van der Waals surface area contributed by atoms with E-state index < -0.39 is 0 Å². The molecule has 0 atom stereocenters. The molecule has 1 amide bonds. The van der Waals surface area contributed by atoms with E-state index in [1.807, 2.05) is 0 Å². The number of nitrogen functional groups attached to an aromatic ring is 1. The Morgan fingerprint density at radius 3 is 2.71 bits per heavy atom. The summed E-state index contributed by atoms with van der Waals surface area (Å²) in [6.07, 6.45) is 4.36. The molecule has 1 fully saturated rings. The quantitative estimate of drug-likeness (QED) is 0.839. The molecule has 1 aliphatic carbocycles. The van der Waals surface area contributed by atoms with Gasteiger partial charge in [-0.15, -0.1) is 11.3 Å². The first-order valence-electron chi connectivity index (χ1n) is 7.28. The molecule has 7 heteroatoms. The molecule has 0 radical (unpaired) electrons. The second-order valence-corrected chi connectivity index (χ2v) is 6.66. The van der Waals surface area contributed by atoms with Crippen LogP contribution in [0, 0.1) is 0 Å². The lowest BCUT2D eigenvalue weighted by molar-refractivity contribution is -0.118. The normalized spacial score (nSPS) is 18.3. The van der Waals surface area contributed by atoms with Crippen molar-refractivity contribution < 1.29 is 4.79 Å². The number of hydrogen-bond acceptors (Lipinski definition) is 6. The topological polar surface area (TPSA) is 75.3 Å². The standard InChI is InChI=1S/C14H17N5OS/c15-12-11-9-2-1-3-10(9)21-13(11)17-14(16-12)19-6-4-18(8-20)5-7-19/h8H,1-7H2,(H2,15,16,17). The van der Waals surface area contributed by atoms with Gasteiger partial charge in [-0.05, 0) is 24.8 Å². The summed E-state index contributed by atoms with van der Waals surface area (Å²) in [5.74, 6) is 1.30. The van der Waals surface area contributed by atoms with E-state index in [0.29, 0.717) is 24.9 Å². The van der Waals surface area contributed by atoms with Crippen LogP contribution >= 0.6 is 11.3 Å². The first kappa shape index (κ1) is 12.8. The second kappa shape index (κ2) is 4.84. The second-order valence-electron chi connectivity index (χ2n) is 5.57. The largest absolute Gasteiger partial charge is 0.383 e. The van der Waals surface area contributed by atoms with Crippen LogP contribution in [0.1, 0.15) is 16.9 Å². The molecule has 4 rings (SSSR count). The third-order valence-corrected chi connectivity index (χ3v) is 5.51. The monoisotopic (exact) mass is 303 g/mol. The molecule has 0 saturated carbocycles. The van der Waals surface area contributed by atoms with E-state index in [1.54, 1.807) is 16.2 Å². The van der Waals surface area contributed by atoms with E-state index in [9.17, 15) is 4.79 Å². The van der Waals surface area contributed by atoms with Gasteiger partial charge >= 0.3 is 0 Å². The van der Waals surface area contributed by atoms with Gasteiger partial charge in [0, 0.05) is 31.1 Å². The van der Waals surface area contributed by atoms with Crippen LogP contribution in [-0.2, 0) is 17.6 Å². The lowest BCUT2D eigenvalue weighted by Gasteiger charge is -2.32. The highest BCUT2D eigenvalue weighted by Crippen LogP contribution is 2.39. The fraction of sp³-hybridized carbons (Fsp3) is 0.500. The van der Waals surface area contributed by atoms with Crippen molar-refractivity contribution in [1.82, 2.24) is 14.9 Å². The number of aromatic nitrogens is 2. The Morgan fingerprint density at radius 2 is 1.95 bits per heavy atom. The molecule has 0 bridgehead atoms. The van der Waals surface area contributed by atoms with Crippen LogP contribution in [0.2, 0.25) is 0 Å². The van der Waals surface area contributed by atoms with Crippen molar-refractivity contribution in [2.75, 3.05) is 36.8 Å². The van der Waals surface area contributed by atoms with Crippen LogP contribution in [0.4, 0.5) is 11.8 Å². The van der Waals surface area contributed by atoms with Crippen molar-refractivity contribution >= 4 is 39.7 Å². The molecule has 0 unspecified atom stereocenters. The molecule has 3 heterocycles. The van der Waals surface area contributed by atoms with Gasteiger partial charge in [-0.2, -0.15) is 4.98 Å². The van der Waals surface area contributed by atoms with Crippen LogP contribution in [-0.4, -0.2) is 47.5 Å². The maximum Gasteiger partial charge on any atom is 0.228 e. The number of anilines is 2. The van der Waals surface area contributed by atoms with Gasteiger partial charge in [0.2, 0.25) is 12.4 Å². The molecule has 2 N–H and O–H groups in total. The van der Waals surface area contributed by atoms with Crippen molar-refractivity contribution in [3.05, 3.63) is 10.4 Å². The number of hydrogen-bond donors (Lipinski definition) is 1. The predicted molar refractivity (Wildman–Crippen MR) is 83.7 cm³/mol. The molecule has 110 valence electrons. The lowest BCUT2D eigenvalue weighted by Crippen LogP contribution is -2.46. The summed E-state index contributed by atoms with van der Waals surface area (Å²) in [7, 11) is 0. The Kier molecular flexibility index (Phi) is 2.95. The fourth-order valence-corrected chi connectivity index (χ4v) is 4.45. The maximum absolute atomic E-state index is 10.8. The smallest absolute Gasteiger partial charge is 0.228 e. The Hall–Kier alpha value is -1.89. The summed E-state index contributed by atoms with van der Waals surface area (Å²) in [5.41, 5.74) is 7.56. The highest BCUT2D eigenvalue weighted by molar-refractivity contribution is 7.19. The molecule has 2 aromatic heterocycles. The minimum atomic E-state index is 0.604. The Balaban J connectivity index is 1.69. The Bertz CT molecular complexity index is 705. The third kappa shape index (κ3) is 2.03. The summed E-state index contributed by atoms with van der Waals surface area (Å²) in [5, 5.41) is 1.07. The summed E-state index contributed by atoms with van der Waals surface area (Å²) in [6, 6.07) is 0. The van der Waals surface area contributed by atoms with Crippen LogP contribution in [0.3, 0.4) is 0 Å². The van der Waals surface area contributed by atoms with E-state index in [-0.39, 0.29) is 0 Å². The number of nitrogens with zero attached hydrogens (tertiary/aromatic N) is 4. The van der Waals surface area contributed by atoms with Crippen molar-refractivity contribution in [1.29, 1.82) is 0 Å². The number of carbonyl (C=O) groups is 1. The number of nitrogens with two attached hydrogens (primary N) is 1. The fourth-order valence-electron chi connectivity index (χ4n) is 3.18. The molecular formula is C14H17N5OS. The molecule has 0 aromatic carbocycles. The number of thiophene rings is 1. The van der Waals surface area contributed by atoms with Gasteiger partial charge in [0.15, 0.2) is 0 Å². The van der Waals surface area contributed by atoms with E-state index in [0.717, 1.165) is 42.6 Å². The molecular weight excluding hydrogens is 286 g/mol. The van der Waals surface area contributed by atoms with Crippen molar-refractivity contribution in [2.45, 2.75) is 19.3 Å². The Morgan fingerprint density at radius 1 is 1.14 bits per heavy atom. The number of piperazine rings is 1. The molecule has 0 spiro atoms. The van der Waals surface area contributed by atoms with Crippen LogP contribution in [0.15, 0.2) is 0 Å². The number of carbonyl (C=O) groups excluding carboxylic acids is 1. The first-order valence-corrected chi connectivity index (χ1v) is 8.10. The maximum atomic E-state index is 10.8. The lowest BCUT2D eigenvalue weighted by atomic mass is 10.2. The van der Waals surface area contributed by atoms with Crippen LogP contribution < -0.4 is 10.6 Å². The average molecular weight is 303 g/mol. The molecule has 6 nitrogen and oxygen atoms in total. The van der Waals surface area contributed by atoms with E-state index in [2.05, 4.69) is 9.88 Å². The van der Waals surface area contributed by atoms with Gasteiger partial charge in [0.05, 0.1) is 5.39 Å². The van der Waals surface area contributed by atoms with Gasteiger partial charge in [0.25, 0.3) is 0 Å². The minimum absolute atomic E-state index is 0.604. The number of rotatable bonds is 2. The number of fused-ring (bicyclic) bond motifs is 3. The van der Waals surface area contributed by atoms with E-state index >= 15 is 0 Å². The van der Waals surface area contributed by atoms with Gasteiger partial charge < -0.3 is 15.5 Å². The zero-order chi connectivity index (χ0) is 14.4. The van der Waals surface area contributed by atoms with Gasteiger partial charge in [-0.1, -0.05) is 0 Å². The van der Waals surface area contributed by atoms with Crippen LogP contribution in [0.5, 0.6) is 0 Å². The Labute approximate surface area is 126 Å². The molecule has 2 aromatic rings. The summed E-state index contributed by atoms with van der Waals surface area (Å²) in [6.45, 7) is 2.95. The van der Waals surface area contributed by atoms with Crippen molar-refractivity contribution in [2.24, 2.45) is 0 Å². The van der Waals surface area contributed by atoms with Crippen molar-refractivity contribution in [3.8, 4) is 0 Å². The van der Waals surface area contributed by atoms with E-state index in [4.69, 9.17) is 10.7 Å².